The summed E-state index contributed by atoms with van der Waals surface area (Å²) in [6.07, 6.45) is -1.26. The molecule has 0 fully saturated rings. The topological polar surface area (TPSA) is 88.9 Å². The molecule has 0 aliphatic carbocycles. The fraction of sp³-hybridized carbons (Fsp3) is 0.273. The largest absolute Gasteiger partial charge is 0.416 e. The maximum absolute atomic E-state index is 13.0. The zero-order valence-corrected chi connectivity index (χ0v) is 17.5. The summed E-state index contributed by atoms with van der Waals surface area (Å²) in [6.45, 7) is 3.54. The Bertz CT molecular complexity index is 1110. The lowest BCUT2D eigenvalue weighted by atomic mass is 10.1. The van der Waals surface area contributed by atoms with Crippen LogP contribution in [0.3, 0.4) is 0 Å². The number of nitrogens with one attached hydrogen (secondary N) is 2. The number of rotatable bonds is 7. The van der Waals surface area contributed by atoms with Crippen molar-refractivity contribution < 1.29 is 22.8 Å². The molecule has 0 aliphatic rings. The maximum Gasteiger partial charge on any atom is 0.416 e. The second-order valence-electron chi connectivity index (χ2n) is 7.18. The molecule has 3 aromatic rings. The van der Waals surface area contributed by atoms with Crippen LogP contribution in [0.4, 0.5) is 18.9 Å². The maximum atomic E-state index is 13.0. The number of pyridine rings is 1. The second kappa shape index (κ2) is 9.63. The van der Waals surface area contributed by atoms with Crippen molar-refractivity contribution in [2.75, 3.05) is 11.9 Å². The molecule has 1 aromatic carbocycles. The summed E-state index contributed by atoms with van der Waals surface area (Å²) in [5.41, 5.74) is 1.80. The molecular weight excluding hydrogens is 423 g/mol. The molecule has 32 heavy (non-hydrogen) atoms. The van der Waals surface area contributed by atoms with Crippen molar-refractivity contribution in [2.45, 2.75) is 32.9 Å². The Kier molecular flexibility index (Phi) is 6.92. The molecular formula is C22H22F3N5O2. The van der Waals surface area contributed by atoms with Crippen LogP contribution >= 0.6 is 0 Å². The van der Waals surface area contributed by atoms with Gasteiger partial charge in [-0.25, -0.2) is 4.68 Å². The lowest BCUT2D eigenvalue weighted by Gasteiger charge is -2.10. The number of aromatic nitrogens is 3. The molecule has 0 saturated heterocycles. The fourth-order valence-corrected chi connectivity index (χ4v) is 3.19. The number of carbonyl (C=O) groups is 2. The number of amides is 2. The van der Waals surface area contributed by atoms with Crippen molar-refractivity contribution in [2.24, 2.45) is 0 Å². The van der Waals surface area contributed by atoms with Gasteiger partial charge in [0.2, 0.25) is 11.8 Å². The van der Waals surface area contributed by atoms with Crippen LogP contribution in [0.25, 0.3) is 5.69 Å². The first-order valence-corrected chi connectivity index (χ1v) is 9.84. The molecule has 2 heterocycles. The molecule has 7 nitrogen and oxygen atoms in total. The van der Waals surface area contributed by atoms with E-state index in [1.54, 1.807) is 32.2 Å². The summed E-state index contributed by atoms with van der Waals surface area (Å²) in [7, 11) is 0. The Morgan fingerprint density at radius 3 is 2.56 bits per heavy atom. The fourth-order valence-electron chi connectivity index (χ4n) is 3.19. The standard InChI is InChI=1S/C22H22F3N5O2/c1-14-19(12-21(32)27-10-8-20(31)28-17-6-4-9-26-13-17)15(2)30(29-14)18-7-3-5-16(11-18)22(23,24)25/h3-7,9,11,13H,8,10,12H2,1-2H3,(H,27,32)(H,28,31). The van der Waals surface area contributed by atoms with Gasteiger partial charge in [-0.1, -0.05) is 6.07 Å². The monoisotopic (exact) mass is 445 g/mol. The average molecular weight is 445 g/mol. The van der Waals surface area contributed by atoms with Crippen LogP contribution in [-0.4, -0.2) is 33.1 Å². The van der Waals surface area contributed by atoms with E-state index in [0.29, 0.717) is 22.6 Å². The van der Waals surface area contributed by atoms with Gasteiger partial charge in [-0.05, 0) is 44.2 Å². The molecule has 3 rings (SSSR count). The summed E-state index contributed by atoms with van der Waals surface area (Å²) < 4.78 is 40.5. The molecule has 0 radical (unpaired) electrons. The molecule has 2 aromatic heterocycles. The van der Waals surface area contributed by atoms with Crippen LogP contribution in [0.1, 0.15) is 28.9 Å². The number of hydrogen-bond donors (Lipinski definition) is 2. The average Bonchev–Trinajstić information content (AvgIpc) is 3.02. The molecule has 0 spiro atoms. The number of carbonyl (C=O) groups excluding carboxylic acids is 2. The Labute approximate surface area is 182 Å². The number of anilines is 1. The smallest absolute Gasteiger partial charge is 0.355 e. The predicted octanol–water partition coefficient (Wildman–Crippen LogP) is 3.59. The Balaban J connectivity index is 1.60. The van der Waals surface area contributed by atoms with Crippen molar-refractivity contribution in [3.63, 3.8) is 0 Å². The van der Waals surface area contributed by atoms with Gasteiger partial charge >= 0.3 is 6.18 Å². The van der Waals surface area contributed by atoms with Gasteiger partial charge in [0, 0.05) is 30.4 Å². The highest BCUT2D eigenvalue weighted by Gasteiger charge is 2.30. The Hall–Kier alpha value is -3.69. The van der Waals surface area contributed by atoms with E-state index in [9.17, 15) is 22.8 Å². The lowest BCUT2D eigenvalue weighted by Crippen LogP contribution is -2.29. The van der Waals surface area contributed by atoms with Crippen LogP contribution in [0.2, 0.25) is 0 Å². The number of halogens is 3. The SMILES string of the molecule is Cc1nn(-c2cccc(C(F)(F)F)c2)c(C)c1CC(=O)NCCC(=O)Nc1cccnc1. The van der Waals surface area contributed by atoms with Crippen LogP contribution < -0.4 is 10.6 Å². The van der Waals surface area contributed by atoms with Crippen LogP contribution in [0.15, 0.2) is 48.8 Å². The quantitative estimate of drug-likeness (QED) is 0.582. The summed E-state index contributed by atoms with van der Waals surface area (Å²) in [6, 6.07) is 8.26. The van der Waals surface area contributed by atoms with Crippen LogP contribution in [0, 0.1) is 13.8 Å². The van der Waals surface area contributed by atoms with Gasteiger partial charge in [0.25, 0.3) is 0 Å². The van der Waals surface area contributed by atoms with Gasteiger partial charge in [0.1, 0.15) is 0 Å². The molecule has 2 amide bonds. The second-order valence-corrected chi connectivity index (χ2v) is 7.18. The van der Waals surface area contributed by atoms with Gasteiger partial charge < -0.3 is 10.6 Å². The molecule has 10 heteroatoms. The predicted molar refractivity (Wildman–Crippen MR) is 112 cm³/mol. The molecule has 0 unspecified atom stereocenters. The van der Waals surface area contributed by atoms with E-state index in [-0.39, 0.29) is 36.9 Å². The zero-order valence-electron chi connectivity index (χ0n) is 17.5. The number of nitrogens with zero attached hydrogens (tertiary/aromatic N) is 3. The molecule has 0 atom stereocenters. The number of alkyl halides is 3. The number of aryl methyl sites for hydroxylation is 1. The minimum Gasteiger partial charge on any atom is -0.355 e. The molecule has 0 bridgehead atoms. The summed E-state index contributed by atoms with van der Waals surface area (Å²) in [4.78, 5) is 28.2. The third-order valence-corrected chi connectivity index (χ3v) is 4.82. The van der Waals surface area contributed by atoms with Crippen LogP contribution in [-0.2, 0) is 22.2 Å². The van der Waals surface area contributed by atoms with Gasteiger partial charge in [0.15, 0.2) is 0 Å². The van der Waals surface area contributed by atoms with E-state index in [2.05, 4.69) is 20.7 Å². The zero-order chi connectivity index (χ0) is 23.3. The van der Waals surface area contributed by atoms with E-state index in [4.69, 9.17) is 0 Å². The van der Waals surface area contributed by atoms with E-state index in [1.165, 1.54) is 23.0 Å². The lowest BCUT2D eigenvalue weighted by molar-refractivity contribution is -0.137. The summed E-state index contributed by atoms with van der Waals surface area (Å²) in [5, 5.41) is 9.66. The highest BCUT2D eigenvalue weighted by molar-refractivity contribution is 5.91. The van der Waals surface area contributed by atoms with E-state index in [0.717, 1.165) is 12.1 Å². The normalized spacial score (nSPS) is 11.3. The van der Waals surface area contributed by atoms with Gasteiger partial charge in [-0.2, -0.15) is 18.3 Å². The van der Waals surface area contributed by atoms with Crippen molar-refractivity contribution in [1.29, 1.82) is 0 Å². The van der Waals surface area contributed by atoms with Gasteiger partial charge in [-0.3, -0.25) is 14.6 Å². The summed E-state index contributed by atoms with van der Waals surface area (Å²) >= 11 is 0. The Morgan fingerprint density at radius 2 is 1.88 bits per heavy atom. The third-order valence-electron chi connectivity index (χ3n) is 4.82. The van der Waals surface area contributed by atoms with E-state index in [1.807, 2.05) is 0 Å². The minimum absolute atomic E-state index is 0.000846. The Morgan fingerprint density at radius 1 is 1.09 bits per heavy atom. The summed E-state index contributed by atoms with van der Waals surface area (Å²) in [5.74, 6) is -0.572. The van der Waals surface area contributed by atoms with Crippen molar-refractivity contribution in [1.82, 2.24) is 20.1 Å². The van der Waals surface area contributed by atoms with Crippen molar-refractivity contribution in [3.05, 3.63) is 71.3 Å². The highest BCUT2D eigenvalue weighted by Crippen LogP contribution is 2.30. The molecule has 0 saturated carbocycles. The van der Waals surface area contributed by atoms with E-state index >= 15 is 0 Å². The minimum atomic E-state index is -4.46. The van der Waals surface area contributed by atoms with E-state index < -0.39 is 11.7 Å². The third kappa shape index (κ3) is 5.71. The van der Waals surface area contributed by atoms with Gasteiger partial charge in [-0.15, -0.1) is 0 Å². The first-order chi connectivity index (χ1) is 15.1. The van der Waals surface area contributed by atoms with Crippen molar-refractivity contribution in [3.8, 4) is 5.69 Å². The van der Waals surface area contributed by atoms with Crippen molar-refractivity contribution >= 4 is 17.5 Å². The molecule has 168 valence electrons. The first-order valence-electron chi connectivity index (χ1n) is 9.84. The number of benzene rings is 1. The van der Waals surface area contributed by atoms with Crippen LogP contribution in [0.5, 0.6) is 0 Å². The van der Waals surface area contributed by atoms with Gasteiger partial charge in [0.05, 0.1) is 35.2 Å². The highest BCUT2D eigenvalue weighted by atomic mass is 19.4. The molecule has 0 aliphatic heterocycles. The molecule has 2 N–H and O–H groups in total. The first kappa shape index (κ1) is 23.0. The number of hydrogen-bond acceptors (Lipinski definition) is 4.